The highest BCUT2D eigenvalue weighted by atomic mass is 79.9. The van der Waals surface area contributed by atoms with Crippen LogP contribution in [-0.2, 0) is 9.84 Å². The third kappa shape index (κ3) is 4.22. The molecule has 19 heavy (non-hydrogen) atoms. The van der Waals surface area contributed by atoms with E-state index in [1.54, 1.807) is 39.0 Å². The van der Waals surface area contributed by atoms with E-state index in [9.17, 15) is 8.42 Å². The molecule has 6 heteroatoms. The minimum atomic E-state index is -3.15. The highest BCUT2D eigenvalue weighted by molar-refractivity contribution is 9.10. The topological polar surface area (TPSA) is 70.0 Å². The molecule has 1 aromatic carbocycles. The Kier molecular flexibility index (Phi) is 4.99. The standard InChI is InChI=1S/C13H17BrN2O2S/c1-13(2,3)19(17,18)7-6-16-12-5-4-11(14)8-10(12)9-15/h4-5,8,16H,6-7H2,1-3H3. The Balaban J connectivity index is 2.73. The Bertz CT molecular complexity index is 598. The molecule has 0 radical (unpaired) electrons. The molecule has 104 valence electrons. The van der Waals surface area contributed by atoms with Crippen LogP contribution in [-0.4, -0.2) is 25.5 Å². The summed E-state index contributed by atoms with van der Waals surface area (Å²) in [5.41, 5.74) is 1.14. The largest absolute Gasteiger partial charge is 0.383 e. The smallest absolute Gasteiger partial charge is 0.156 e. The average molecular weight is 345 g/mol. The van der Waals surface area contributed by atoms with Crippen molar-refractivity contribution < 1.29 is 8.42 Å². The van der Waals surface area contributed by atoms with E-state index in [2.05, 4.69) is 27.3 Å². The third-order valence-electron chi connectivity index (χ3n) is 2.72. The zero-order valence-electron chi connectivity index (χ0n) is 11.2. The molecule has 0 aliphatic rings. The SMILES string of the molecule is CC(C)(C)S(=O)(=O)CCNc1ccc(Br)cc1C#N. The predicted molar refractivity (Wildman–Crippen MR) is 80.9 cm³/mol. The molecule has 0 aliphatic carbocycles. The van der Waals surface area contributed by atoms with E-state index in [0.29, 0.717) is 11.3 Å². The van der Waals surface area contributed by atoms with Gasteiger partial charge in [0.15, 0.2) is 9.84 Å². The molecule has 0 fully saturated rings. The number of benzene rings is 1. The molecule has 0 unspecified atom stereocenters. The molecule has 0 saturated heterocycles. The van der Waals surface area contributed by atoms with Crippen LogP contribution in [0.3, 0.4) is 0 Å². The van der Waals surface area contributed by atoms with Crippen molar-refractivity contribution in [1.29, 1.82) is 5.26 Å². The fourth-order valence-corrected chi connectivity index (χ4v) is 2.73. The number of nitriles is 1. The molecule has 0 aromatic heterocycles. The Labute approximate surface area is 122 Å². The van der Waals surface area contributed by atoms with Gasteiger partial charge in [0.2, 0.25) is 0 Å². The van der Waals surface area contributed by atoms with Crippen molar-refractivity contribution in [2.24, 2.45) is 0 Å². The molecule has 4 nitrogen and oxygen atoms in total. The van der Waals surface area contributed by atoms with Crippen molar-refractivity contribution in [3.8, 4) is 6.07 Å². The highest BCUT2D eigenvalue weighted by Crippen LogP contribution is 2.21. The maximum Gasteiger partial charge on any atom is 0.156 e. The van der Waals surface area contributed by atoms with Crippen molar-refractivity contribution in [3.63, 3.8) is 0 Å². The van der Waals surface area contributed by atoms with Gasteiger partial charge in [0.1, 0.15) is 6.07 Å². The fourth-order valence-electron chi connectivity index (χ4n) is 1.39. The number of nitrogens with one attached hydrogen (secondary N) is 1. The summed E-state index contributed by atoms with van der Waals surface area (Å²) < 4.78 is 23.9. The second-order valence-corrected chi connectivity index (χ2v) is 8.94. The molecule has 1 rings (SSSR count). The second kappa shape index (κ2) is 5.93. The number of anilines is 1. The van der Waals surface area contributed by atoms with E-state index >= 15 is 0 Å². The van der Waals surface area contributed by atoms with Gasteiger partial charge in [-0.1, -0.05) is 15.9 Å². The van der Waals surface area contributed by atoms with Gasteiger partial charge in [0.25, 0.3) is 0 Å². The van der Waals surface area contributed by atoms with E-state index in [0.717, 1.165) is 4.47 Å². The first-order valence-corrected chi connectivity index (χ1v) is 8.28. The molecule has 0 saturated carbocycles. The first-order valence-electron chi connectivity index (χ1n) is 5.83. The third-order valence-corrected chi connectivity index (χ3v) is 5.82. The van der Waals surface area contributed by atoms with Crippen LogP contribution in [0.25, 0.3) is 0 Å². The molecule has 0 bridgehead atoms. The fraction of sp³-hybridized carbons (Fsp3) is 0.462. The molecule has 0 spiro atoms. The van der Waals surface area contributed by atoms with E-state index in [-0.39, 0.29) is 12.3 Å². The lowest BCUT2D eigenvalue weighted by Crippen LogP contribution is -2.32. The van der Waals surface area contributed by atoms with Crippen LogP contribution >= 0.6 is 15.9 Å². The lowest BCUT2D eigenvalue weighted by atomic mass is 10.2. The van der Waals surface area contributed by atoms with Crippen LogP contribution in [0.4, 0.5) is 5.69 Å². The van der Waals surface area contributed by atoms with Crippen molar-refractivity contribution in [2.75, 3.05) is 17.6 Å². The summed E-state index contributed by atoms with van der Waals surface area (Å²) in [4.78, 5) is 0. The summed E-state index contributed by atoms with van der Waals surface area (Å²) in [5.74, 6) is 0.0391. The number of rotatable bonds is 4. The van der Waals surface area contributed by atoms with Crippen molar-refractivity contribution >= 4 is 31.5 Å². The zero-order chi connectivity index (χ0) is 14.7. The van der Waals surface area contributed by atoms with Gasteiger partial charge in [-0.25, -0.2) is 8.42 Å². The van der Waals surface area contributed by atoms with Gasteiger partial charge >= 0.3 is 0 Å². The van der Waals surface area contributed by atoms with Gasteiger partial charge in [0.05, 0.1) is 21.8 Å². The normalized spacial score (nSPS) is 11.9. The summed E-state index contributed by atoms with van der Waals surface area (Å²) in [6, 6.07) is 7.33. The molecule has 0 aliphatic heterocycles. The Morgan fingerprint density at radius 3 is 2.53 bits per heavy atom. The van der Waals surface area contributed by atoms with Crippen LogP contribution in [0.5, 0.6) is 0 Å². The Hall–Kier alpha value is -1.06. The first-order chi connectivity index (χ1) is 8.67. The Morgan fingerprint density at radius 2 is 2.00 bits per heavy atom. The molecule has 0 amide bonds. The minimum absolute atomic E-state index is 0.0391. The average Bonchev–Trinajstić information content (AvgIpc) is 2.29. The van der Waals surface area contributed by atoms with Crippen LogP contribution in [0.1, 0.15) is 26.3 Å². The molecular formula is C13H17BrN2O2S. The molecule has 0 heterocycles. The van der Waals surface area contributed by atoms with E-state index < -0.39 is 14.6 Å². The molecular weight excluding hydrogens is 328 g/mol. The minimum Gasteiger partial charge on any atom is -0.383 e. The van der Waals surface area contributed by atoms with Crippen molar-refractivity contribution in [2.45, 2.75) is 25.5 Å². The molecule has 0 atom stereocenters. The van der Waals surface area contributed by atoms with Crippen LogP contribution in [0, 0.1) is 11.3 Å². The van der Waals surface area contributed by atoms with Crippen LogP contribution in [0.2, 0.25) is 0 Å². The van der Waals surface area contributed by atoms with Gasteiger partial charge in [-0.3, -0.25) is 0 Å². The summed E-state index contributed by atoms with van der Waals surface area (Å²) in [7, 11) is -3.15. The van der Waals surface area contributed by atoms with E-state index in [1.165, 1.54) is 0 Å². The highest BCUT2D eigenvalue weighted by Gasteiger charge is 2.28. The zero-order valence-corrected chi connectivity index (χ0v) is 13.6. The van der Waals surface area contributed by atoms with Gasteiger partial charge in [-0.15, -0.1) is 0 Å². The first kappa shape index (κ1) is 16.0. The molecule has 1 N–H and O–H groups in total. The van der Waals surface area contributed by atoms with Gasteiger partial charge in [-0.05, 0) is 39.0 Å². The number of nitrogens with zero attached hydrogens (tertiary/aromatic N) is 1. The number of hydrogen-bond donors (Lipinski definition) is 1. The maximum atomic E-state index is 11.9. The number of sulfone groups is 1. The summed E-state index contributed by atoms with van der Waals surface area (Å²) in [6.45, 7) is 5.34. The lowest BCUT2D eigenvalue weighted by molar-refractivity contribution is 0.560. The van der Waals surface area contributed by atoms with Gasteiger partial charge < -0.3 is 5.32 Å². The lowest BCUT2D eigenvalue weighted by Gasteiger charge is -2.19. The second-order valence-electron chi connectivity index (χ2n) is 5.16. The van der Waals surface area contributed by atoms with Gasteiger partial charge in [0, 0.05) is 11.0 Å². The summed E-state index contributed by atoms with van der Waals surface area (Å²) in [5, 5.41) is 12.0. The van der Waals surface area contributed by atoms with Gasteiger partial charge in [-0.2, -0.15) is 5.26 Å². The van der Waals surface area contributed by atoms with Crippen LogP contribution < -0.4 is 5.32 Å². The summed E-state index contributed by atoms with van der Waals surface area (Å²) in [6.07, 6.45) is 0. The molecule has 1 aromatic rings. The Morgan fingerprint density at radius 1 is 1.37 bits per heavy atom. The van der Waals surface area contributed by atoms with Crippen LogP contribution in [0.15, 0.2) is 22.7 Å². The summed E-state index contributed by atoms with van der Waals surface area (Å²) >= 11 is 3.29. The number of hydrogen-bond acceptors (Lipinski definition) is 4. The van der Waals surface area contributed by atoms with Crippen molar-refractivity contribution in [3.05, 3.63) is 28.2 Å². The van der Waals surface area contributed by atoms with Crippen molar-refractivity contribution in [1.82, 2.24) is 0 Å². The van der Waals surface area contributed by atoms with E-state index in [4.69, 9.17) is 5.26 Å². The quantitative estimate of drug-likeness (QED) is 0.911. The maximum absolute atomic E-state index is 11.9. The van der Waals surface area contributed by atoms with E-state index in [1.807, 2.05) is 0 Å². The monoisotopic (exact) mass is 344 g/mol. The predicted octanol–water partition coefficient (Wildman–Crippen LogP) is 2.95. The number of halogens is 1.